The van der Waals surface area contributed by atoms with Gasteiger partial charge in [-0.2, -0.15) is 5.10 Å². The number of benzene rings is 2. The molecule has 4 amide bonds. The molecule has 0 aliphatic carbocycles. The zero-order chi connectivity index (χ0) is 26.9. The first-order valence-corrected chi connectivity index (χ1v) is 12.1. The number of carbonyl (C=O) groups is 4. The van der Waals surface area contributed by atoms with E-state index in [4.69, 9.17) is 21.4 Å². The maximum atomic E-state index is 13.9. The Bertz CT molecular complexity index is 1390. The highest BCUT2D eigenvalue weighted by molar-refractivity contribution is 6.31. The van der Waals surface area contributed by atoms with Crippen LogP contribution in [0.3, 0.4) is 0 Å². The van der Waals surface area contributed by atoms with Crippen LogP contribution in [-0.4, -0.2) is 58.4 Å². The van der Waals surface area contributed by atoms with Gasteiger partial charge in [0.1, 0.15) is 6.04 Å². The molecular weight excluding hydrogens is 516 g/mol. The number of imide groups is 1. The van der Waals surface area contributed by atoms with Gasteiger partial charge in [-0.15, -0.1) is 0 Å². The summed E-state index contributed by atoms with van der Waals surface area (Å²) < 4.78 is 5.83. The van der Waals surface area contributed by atoms with Crippen LogP contribution in [0.2, 0.25) is 5.02 Å². The molecule has 2 unspecified atom stereocenters. The van der Waals surface area contributed by atoms with Crippen molar-refractivity contribution >= 4 is 47.0 Å². The third-order valence-electron chi connectivity index (χ3n) is 6.47. The molecule has 1 spiro atoms. The van der Waals surface area contributed by atoms with Gasteiger partial charge in [-0.1, -0.05) is 11.6 Å². The molecule has 5 rings (SSSR count). The largest absolute Gasteiger partial charge is 0.465 e. The minimum Gasteiger partial charge on any atom is -0.465 e. The molecule has 3 aromatic rings. The maximum absolute atomic E-state index is 13.9. The molecule has 2 atom stereocenters. The minimum atomic E-state index is -1.24. The summed E-state index contributed by atoms with van der Waals surface area (Å²) in [7, 11) is 0. The van der Waals surface area contributed by atoms with E-state index in [1.165, 1.54) is 24.3 Å². The van der Waals surface area contributed by atoms with Crippen LogP contribution in [0.15, 0.2) is 54.7 Å². The molecule has 1 saturated heterocycles. The van der Waals surface area contributed by atoms with E-state index < -0.39 is 35.6 Å². The molecule has 2 aromatic carbocycles. The van der Waals surface area contributed by atoms with E-state index in [1.807, 2.05) is 0 Å². The van der Waals surface area contributed by atoms with Crippen LogP contribution in [-0.2, 0) is 21.6 Å². The summed E-state index contributed by atoms with van der Waals surface area (Å²) in [5.74, 6) is -1.31. The van der Waals surface area contributed by atoms with Crippen molar-refractivity contribution in [2.45, 2.75) is 24.5 Å². The second-order valence-corrected chi connectivity index (χ2v) is 9.36. The Morgan fingerprint density at radius 2 is 1.97 bits per heavy atom. The van der Waals surface area contributed by atoms with Crippen LogP contribution < -0.4 is 20.9 Å². The van der Waals surface area contributed by atoms with Crippen molar-refractivity contribution in [1.82, 2.24) is 20.8 Å². The number of halogens is 1. The number of nitrogens with zero attached hydrogens (tertiary/aromatic N) is 2. The average molecular weight is 539 g/mol. The van der Waals surface area contributed by atoms with E-state index in [1.54, 1.807) is 30.5 Å². The molecule has 1 aromatic heterocycles. The Labute approximate surface area is 221 Å². The van der Waals surface area contributed by atoms with Crippen LogP contribution in [0, 0.1) is 0 Å². The Morgan fingerprint density at radius 3 is 2.63 bits per heavy atom. The number of carbonyl (C=O) groups excluding carboxylic acids is 3. The quantitative estimate of drug-likeness (QED) is 0.319. The number of aromatic amines is 1. The summed E-state index contributed by atoms with van der Waals surface area (Å²) in [6.07, 6.45) is 0.00671. The van der Waals surface area contributed by atoms with Crippen LogP contribution in [0.25, 0.3) is 0 Å². The standard InChI is InChI=1S/C25H23ClN6O6/c26-15-3-6-20-18(11-15)25(8-10-27-13-25)38-24(37)32(20)22(34)19(12-17-7-9-28-31-17)30-21(33)14-1-4-16(5-2-14)29-23(35)36/h1-7,9,11,19,27,29H,8,10,12-13H2,(H,28,31)(H,30,33)(H,35,36). The van der Waals surface area contributed by atoms with Gasteiger partial charge < -0.3 is 20.5 Å². The molecule has 12 nitrogen and oxygen atoms in total. The van der Waals surface area contributed by atoms with E-state index in [0.717, 1.165) is 4.90 Å². The third kappa shape index (κ3) is 4.91. The minimum absolute atomic E-state index is 0.00781. The topological polar surface area (TPSA) is 166 Å². The fourth-order valence-corrected chi connectivity index (χ4v) is 4.84. The average Bonchev–Trinajstić information content (AvgIpc) is 3.57. The lowest BCUT2D eigenvalue weighted by Crippen LogP contribution is -2.56. The van der Waals surface area contributed by atoms with Crippen LogP contribution in [0.5, 0.6) is 0 Å². The van der Waals surface area contributed by atoms with E-state index in [9.17, 15) is 19.2 Å². The second kappa shape index (κ2) is 10.1. The van der Waals surface area contributed by atoms with Crippen LogP contribution >= 0.6 is 11.6 Å². The van der Waals surface area contributed by atoms with Crippen molar-refractivity contribution in [2.24, 2.45) is 0 Å². The maximum Gasteiger partial charge on any atom is 0.422 e. The van der Waals surface area contributed by atoms with E-state index in [-0.39, 0.29) is 17.7 Å². The predicted molar refractivity (Wildman–Crippen MR) is 136 cm³/mol. The molecule has 0 bridgehead atoms. The van der Waals surface area contributed by atoms with Gasteiger partial charge in [0.15, 0.2) is 5.60 Å². The molecule has 0 radical (unpaired) electrons. The number of aromatic nitrogens is 2. The van der Waals surface area contributed by atoms with Crippen molar-refractivity contribution < 1.29 is 29.0 Å². The summed E-state index contributed by atoms with van der Waals surface area (Å²) in [5.41, 5.74) is 0.952. The third-order valence-corrected chi connectivity index (χ3v) is 6.70. The summed E-state index contributed by atoms with van der Waals surface area (Å²) in [6, 6.07) is 11.0. The molecule has 2 aliphatic heterocycles. The molecule has 2 aliphatic rings. The first kappa shape index (κ1) is 25.2. The number of fused-ring (bicyclic) bond motifs is 2. The van der Waals surface area contributed by atoms with Gasteiger partial charge >= 0.3 is 12.2 Å². The van der Waals surface area contributed by atoms with E-state index in [2.05, 4.69) is 26.1 Å². The van der Waals surface area contributed by atoms with Gasteiger partial charge in [-0.05, 0) is 55.1 Å². The van der Waals surface area contributed by atoms with Crippen molar-refractivity contribution in [1.29, 1.82) is 0 Å². The number of ether oxygens (including phenoxy) is 1. The molecule has 13 heteroatoms. The summed E-state index contributed by atoms with van der Waals surface area (Å²) in [6.45, 7) is 1.01. The van der Waals surface area contributed by atoms with Crippen molar-refractivity contribution in [3.05, 3.63) is 76.6 Å². The van der Waals surface area contributed by atoms with Crippen LogP contribution in [0.1, 0.15) is 28.0 Å². The molecule has 38 heavy (non-hydrogen) atoms. The normalized spacial score (nSPS) is 19.0. The number of H-pyrrole nitrogens is 1. The number of anilines is 2. The predicted octanol–water partition coefficient (Wildman–Crippen LogP) is 2.87. The monoisotopic (exact) mass is 538 g/mol. The van der Waals surface area contributed by atoms with Crippen molar-refractivity contribution in [3.63, 3.8) is 0 Å². The summed E-state index contributed by atoms with van der Waals surface area (Å²) >= 11 is 6.26. The number of carboxylic acid groups (broad SMARTS) is 1. The van der Waals surface area contributed by atoms with Gasteiger partial charge in [0.05, 0.1) is 11.4 Å². The Morgan fingerprint density at radius 1 is 1.18 bits per heavy atom. The fraction of sp³-hybridized carbons (Fsp3) is 0.240. The van der Waals surface area contributed by atoms with Gasteiger partial charge in [0.25, 0.3) is 11.8 Å². The number of hydrogen-bond acceptors (Lipinski definition) is 7. The first-order valence-electron chi connectivity index (χ1n) is 11.7. The van der Waals surface area contributed by atoms with Gasteiger partial charge in [-0.3, -0.25) is 20.0 Å². The lowest BCUT2D eigenvalue weighted by atomic mass is 9.89. The Balaban J connectivity index is 1.45. The number of nitrogens with one attached hydrogen (secondary N) is 4. The SMILES string of the molecule is O=C(O)Nc1ccc(C(=O)NC(Cc2cc[nH]n2)C(=O)N2C(=O)OC3(CCNC3)c3cc(Cl)ccc32)cc1. The molecule has 1 fully saturated rings. The number of rotatable bonds is 6. The van der Waals surface area contributed by atoms with Gasteiger partial charge in [0.2, 0.25) is 0 Å². The zero-order valence-electron chi connectivity index (χ0n) is 19.9. The Hall–Kier alpha value is -4.42. The lowest BCUT2D eigenvalue weighted by molar-refractivity contribution is -0.120. The summed E-state index contributed by atoms with van der Waals surface area (Å²) in [4.78, 5) is 52.0. The van der Waals surface area contributed by atoms with Gasteiger partial charge in [-0.25, -0.2) is 14.5 Å². The molecule has 3 heterocycles. The molecular formula is C25H23ClN6O6. The number of hydrogen-bond donors (Lipinski definition) is 5. The smallest absolute Gasteiger partial charge is 0.422 e. The van der Waals surface area contributed by atoms with Crippen LogP contribution in [0.4, 0.5) is 21.0 Å². The van der Waals surface area contributed by atoms with Gasteiger partial charge in [0, 0.05) is 47.4 Å². The lowest BCUT2D eigenvalue weighted by Gasteiger charge is -2.40. The molecule has 196 valence electrons. The fourth-order valence-electron chi connectivity index (χ4n) is 4.67. The van der Waals surface area contributed by atoms with E-state index >= 15 is 0 Å². The highest BCUT2D eigenvalue weighted by Crippen LogP contribution is 2.44. The second-order valence-electron chi connectivity index (χ2n) is 8.93. The van der Waals surface area contributed by atoms with Crippen molar-refractivity contribution in [3.8, 4) is 0 Å². The number of amides is 4. The first-order chi connectivity index (χ1) is 18.3. The molecule has 5 N–H and O–H groups in total. The van der Waals surface area contributed by atoms with Crippen molar-refractivity contribution in [2.75, 3.05) is 23.3 Å². The Kier molecular flexibility index (Phi) is 6.74. The highest BCUT2D eigenvalue weighted by Gasteiger charge is 2.49. The zero-order valence-corrected chi connectivity index (χ0v) is 20.6. The highest BCUT2D eigenvalue weighted by atomic mass is 35.5. The molecule has 0 saturated carbocycles. The van der Waals surface area contributed by atoms with E-state index in [0.29, 0.717) is 41.5 Å². The summed E-state index contributed by atoms with van der Waals surface area (Å²) in [5, 5.41) is 24.1.